The molecule has 3 heteroatoms. The highest BCUT2D eigenvalue weighted by Gasteiger charge is 2.16. The summed E-state index contributed by atoms with van der Waals surface area (Å²) in [6.45, 7) is 3.94. The van der Waals surface area contributed by atoms with Gasteiger partial charge >= 0.3 is 0 Å². The molecule has 18 heavy (non-hydrogen) atoms. The van der Waals surface area contributed by atoms with Crippen LogP contribution < -0.4 is 4.74 Å². The third-order valence-corrected chi connectivity index (χ3v) is 2.84. The second-order valence-corrected chi connectivity index (χ2v) is 4.21. The molecule has 1 aromatic carbocycles. The fourth-order valence-electron chi connectivity index (χ4n) is 1.94. The maximum Gasteiger partial charge on any atom is 0.224 e. The number of nitrogens with zero attached hydrogens (tertiary/aromatic N) is 1. The van der Waals surface area contributed by atoms with Crippen LogP contribution in [0.4, 0.5) is 0 Å². The number of carbonyl (C=O) groups is 1. The Morgan fingerprint density at radius 3 is 2.61 bits per heavy atom. The Morgan fingerprint density at radius 1 is 1.17 bits per heavy atom. The number of hydrogen-bond acceptors (Lipinski definition) is 3. The predicted octanol–water partition coefficient (Wildman–Crippen LogP) is 2.94. The first kappa shape index (κ1) is 12.3. The molecule has 0 aliphatic rings. The van der Waals surface area contributed by atoms with Crippen LogP contribution in [0.15, 0.2) is 36.5 Å². The molecule has 0 saturated carbocycles. The second-order valence-electron chi connectivity index (χ2n) is 4.21. The van der Waals surface area contributed by atoms with Gasteiger partial charge in [0.25, 0.3) is 0 Å². The first-order chi connectivity index (χ1) is 8.63. The number of aromatic nitrogens is 1. The minimum atomic E-state index is -0.0579. The van der Waals surface area contributed by atoms with E-state index in [1.807, 2.05) is 32.0 Å². The third kappa shape index (κ3) is 2.25. The fourth-order valence-corrected chi connectivity index (χ4v) is 1.94. The molecule has 0 unspecified atom stereocenters. The molecule has 92 valence electrons. The first-order valence-electron chi connectivity index (χ1n) is 5.74. The number of benzene rings is 1. The van der Waals surface area contributed by atoms with E-state index in [1.54, 1.807) is 18.3 Å². The standard InChI is InChI=1S/C15H15NO2/c1-10-6-7-12(11(2)9-10)14(17)13-5-4-8-16-15(13)18-3/h4-9H,1-3H3. The Kier molecular flexibility index (Phi) is 3.42. The summed E-state index contributed by atoms with van der Waals surface area (Å²) in [5.74, 6) is 0.305. The molecular weight excluding hydrogens is 226 g/mol. The Balaban J connectivity index is 2.48. The topological polar surface area (TPSA) is 39.2 Å². The Labute approximate surface area is 106 Å². The highest BCUT2D eigenvalue weighted by atomic mass is 16.5. The van der Waals surface area contributed by atoms with Gasteiger partial charge in [0.15, 0.2) is 5.78 Å². The molecule has 0 spiro atoms. The highest BCUT2D eigenvalue weighted by molar-refractivity contribution is 6.11. The van der Waals surface area contributed by atoms with E-state index in [-0.39, 0.29) is 5.78 Å². The molecule has 0 fully saturated rings. The van der Waals surface area contributed by atoms with Crippen LogP contribution in [0.25, 0.3) is 0 Å². The first-order valence-corrected chi connectivity index (χ1v) is 5.74. The summed E-state index contributed by atoms with van der Waals surface area (Å²) in [4.78, 5) is 16.5. The number of aryl methyl sites for hydroxylation is 2. The van der Waals surface area contributed by atoms with E-state index in [4.69, 9.17) is 4.74 Å². The van der Waals surface area contributed by atoms with Crippen molar-refractivity contribution in [2.24, 2.45) is 0 Å². The van der Waals surface area contributed by atoms with Crippen molar-refractivity contribution in [2.75, 3.05) is 7.11 Å². The van der Waals surface area contributed by atoms with Crippen LogP contribution in [0, 0.1) is 13.8 Å². The lowest BCUT2D eigenvalue weighted by molar-refractivity contribution is 0.103. The number of methoxy groups -OCH3 is 1. The normalized spacial score (nSPS) is 10.2. The number of rotatable bonds is 3. The molecule has 0 bridgehead atoms. The molecule has 0 aliphatic carbocycles. The molecule has 1 heterocycles. The van der Waals surface area contributed by atoms with Crippen molar-refractivity contribution in [3.05, 3.63) is 58.8 Å². The van der Waals surface area contributed by atoms with E-state index < -0.39 is 0 Å². The van der Waals surface area contributed by atoms with E-state index in [9.17, 15) is 4.79 Å². The molecule has 2 aromatic rings. The van der Waals surface area contributed by atoms with E-state index in [2.05, 4.69) is 4.98 Å². The zero-order valence-electron chi connectivity index (χ0n) is 10.7. The van der Waals surface area contributed by atoms with Crippen LogP contribution >= 0.6 is 0 Å². The van der Waals surface area contributed by atoms with Crippen molar-refractivity contribution in [3.63, 3.8) is 0 Å². The van der Waals surface area contributed by atoms with Gasteiger partial charge in [-0.1, -0.05) is 23.8 Å². The number of ketones is 1. The summed E-state index contributed by atoms with van der Waals surface area (Å²) in [5.41, 5.74) is 3.28. The van der Waals surface area contributed by atoms with E-state index in [0.717, 1.165) is 11.1 Å². The fraction of sp³-hybridized carbons (Fsp3) is 0.200. The summed E-state index contributed by atoms with van der Waals surface area (Å²) in [6.07, 6.45) is 1.61. The smallest absolute Gasteiger partial charge is 0.224 e. The second kappa shape index (κ2) is 5.00. The van der Waals surface area contributed by atoms with Crippen molar-refractivity contribution >= 4 is 5.78 Å². The van der Waals surface area contributed by atoms with Gasteiger partial charge in [-0.05, 0) is 31.5 Å². The van der Waals surface area contributed by atoms with Crippen molar-refractivity contribution in [3.8, 4) is 5.88 Å². The summed E-state index contributed by atoms with van der Waals surface area (Å²) >= 11 is 0. The SMILES string of the molecule is COc1ncccc1C(=O)c1ccc(C)cc1C. The lowest BCUT2D eigenvalue weighted by Crippen LogP contribution is -2.07. The van der Waals surface area contributed by atoms with Crippen molar-refractivity contribution in [1.82, 2.24) is 4.98 Å². The van der Waals surface area contributed by atoms with Gasteiger partial charge in [0.05, 0.1) is 12.7 Å². The molecule has 0 radical (unpaired) electrons. The van der Waals surface area contributed by atoms with Crippen molar-refractivity contribution in [2.45, 2.75) is 13.8 Å². The lowest BCUT2D eigenvalue weighted by Gasteiger charge is -2.08. The number of ether oxygens (including phenoxy) is 1. The lowest BCUT2D eigenvalue weighted by atomic mass is 9.98. The van der Waals surface area contributed by atoms with Gasteiger partial charge < -0.3 is 4.74 Å². The quantitative estimate of drug-likeness (QED) is 0.775. The maximum absolute atomic E-state index is 12.4. The maximum atomic E-state index is 12.4. The van der Waals surface area contributed by atoms with Gasteiger partial charge in [-0.2, -0.15) is 0 Å². The minimum Gasteiger partial charge on any atom is -0.480 e. The van der Waals surface area contributed by atoms with Crippen molar-refractivity contribution in [1.29, 1.82) is 0 Å². The van der Waals surface area contributed by atoms with Crippen LogP contribution in [0.5, 0.6) is 5.88 Å². The van der Waals surface area contributed by atoms with Crippen LogP contribution in [-0.2, 0) is 0 Å². The molecule has 3 nitrogen and oxygen atoms in total. The number of hydrogen-bond donors (Lipinski definition) is 0. The summed E-state index contributed by atoms with van der Waals surface area (Å²) in [7, 11) is 1.51. The molecule has 0 amide bonds. The molecule has 2 rings (SSSR count). The summed E-state index contributed by atoms with van der Waals surface area (Å²) in [5, 5.41) is 0. The highest BCUT2D eigenvalue weighted by Crippen LogP contribution is 2.21. The number of carbonyl (C=O) groups excluding carboxylic acids is 1. The van der Waals surface area contributed by atoms with Crippen LogP contribution in [0.2, 0.25) is 0 Å². The molecule has 0 saturated heterocycles. The Bertz CT molecular complexity index is 591. The minimum absolute atomic E-state index is 0.0579. The molecular formula is C15H15NO2. The summed E-state index contributed by atoms with van der Waals surface area (Å²) < 4.78 is 5.12. The largest absolute Gasteiger partial charge is 0.480 e. The van der Waals surface area contributed by atoms with E-state index >= 15 is 0 Å². The average molecular weight is 241 g/mol. The van der Waals surface area contributed by atoms with E-state index in [1.165, 1.54) is 7.11 Å². The van der Waals surface area contributed by atoms with E-state index in [0.29, 0.717) is 17.0 Å². The van der Waals surface area contributed by atoms with Gasteiger partial charge in [0.1, 0.15) is 0 Å². The molecule has 0 aliphatic heterocycles. The van der Waals surface area contributed by atoms with Gasteiger partial charge in [0.2, 0.25) is 5.88 Å². The van der Waals surface area contributed by atoms with Gasteiger partial charge in [0, 0.05) is 11.8 Å². The zero-order chi connectivity index (χ0) is 13.1. The molecule has 0 N–H and O–H groups in total. The number of pyridine rings is 1. The monoisotopic (exact) mass is 241 g/mol. The molecule has 0 atom stereocenters. The third-order valence-electron chi connectivity index (χ3n) is 2.84. The summed E-state index contributed by atoms with van der Waals surface area (Å²) in [6, 6.07) is 9.24. The van der Waals surface area contributed by atoms with Crippen LogP contribution in [0.1, 0.15) is 27.0 Å². The Hall–Kier alpha value is -2.16. The van der Waals surface area contributed by atoms with Crippen LogP contribution in [0.3, 0.4) is 0 Å². The van der Waals surface area contributed by atoms with Gasteiger partial charge in [-0.25, -0.2) is 4.98 Å². The van der Waals surface area contributed by atoms with Gasteiger partial charge in [-0.15, -0.1) is 0 Å². The Morgan fingerprint density at radius 2 is 1.94 bits per heavy atom. The predicted molar refractivity (Wildman–Crippen MR) is 70.1 cm³/mol. The van der Waals surface area contributed by atoms with Gasteiger partial charge in [-0.3, -0.25) is 4.79 Å². The average Bonchev–Trinajstić information content (AvgIpc) is 2.38. The zero-order valence-corrected chi connectivity index (χ0v) is 10.7. The van der Waals surface area contributed by atoms with Crippen molar-refractivity contribution < 1.29 is 9.53 Å². The molecule has 1 aromatic heterocycles. The van der Waals surface area contributed by atoms with Crippen LogP contribution in [-0.4, -0.2) is 17.9 Å².